The fourth-order valence-corrected chi connectivity index (χ4v) is 1.79. The molecule has 0 saturated carbocycles. The number of halogens is 2. The van der Waals surface area contributed by atoms with Gasteiger partial charge in [0.1, 0.15) is 5.15 Å². The van der Waals surface area contributed by atoms with E-state index in [9.17, 15) is 4.79 Å². The SMILES string of the molecule is CCN(CC(C)C)C(=O)c1cnc(Cl)c(Cl)c1. The molecule has 0 fully saturated rings. The second kappa shape index (κ2) is 6.22. The molecular formula is C12H16Cl2N2O. The Morgan fingerprint density at radius 1 is 1.47 bits per heavy atom. The molecule has 94 valence electrons. The fourth-order valence-electron chi connectivity index (χ4n) is 1.52. The Balaban J connectivity index is 2.90. The van der Waals surface area contributed by atoms with Gasteiger partial charge in [0.25, 0.3) is 5.91 Å². The minimum Gasteiger partial charge on any atom is -0.339 e. The maximum atomic E-state index is 12.2. The van der Waals surface area contributed by atoms with Gasteiger partial charge in [-0.1, -0.05) is 37.0 Å². The predicted octanol–water partition coefficient (Wildman–Crippen LogP) is 3.51. The van der Waals surface area contributed by atoms with Gasteiger partial charge in [0.2, 0.25) is 0 Å². The fraction of sp³-hybridized carbons (Fsp3) is 0.500. The van der Waals surface area contributed by atoms with E-state index >= 15 is 0 Å². The Kier molecular flexibility index (Phi) is 5.22. The van der Waals surface area contributed by atoms with Crippen LogP contribution in [0.4, 0.5) is 0 Å². The van der Waals surface area contributed by atoms with Gasteiger partial charge in [-0.25, -0.2) is 4.98 Å². The van der Waals surface area contributed by atoms with E-state index in [2.05, 4.69) is 18.8 Å². The molecule has 17 heavy (non-hydrogen) atoms. The van der Waals surface area contributed by atoms with Crippen LogP contribution >= 0.6 is 23.2 Å². The zero-order valence-corrected chi connectivity index (χ0v) is 11.7. The lowest BCUT2D eigenvalue weighted by molar-refractivity contribution is 0.0745. The van der Waals surface area contributed by atoms with Crippen molar-refractivity contribution >= 4 is 29.1 Å². The van der Waals surface area contributed by atoms with Crippen molar-refractivity contribution in [1.82, 2.24) is 9.88 Å². The molecule has 0 saturated heterocycles. The molecule has 3 nitrogen and oxygen atoms in total. The third-order valence-electron chi connectivity index (χ3n) is 2.30. The normalized spacial score (nSPS) is 10.7. The zero-order valence-electron chi connectivity index (χ0n) is 10.2. The van der Waals surface area contributed by atoms with Gasteiger partial charge < -0.3 is 4.90 Å². The van der Waals surface area contributed by atoms with Crippen LogP contribution in [0.1, 0.15) is 31.1 Å². The van der Waals surface area contributed by atoms with Gasteiger partial charge in [0.05, 0.1) is 10.6 Å². The van der Waals surface area contributed by atoms with Gasteiger partial charge >= 0.3 is 0 Å². The van der Waals surface area contributed by atoms with E-state index in [1.807, 2.05) is 6.92 Å². The monoisotopic (exact) mass is 274 g/mol. The van der Waals surface area contributed by atoms with E-state index in [0.717, 1.165) is 6.54 Å². The maximum absolute atomic E-state index is 12.2. The van der Waals surface area contributed by atoms with Crippen molar-refractivity contribution in [2.24, 2.45) is 5.92 Å². The van der Waals surface area contributed by atoms with Crippen LogP contribution in [0.5, 0.6) is 0 Å². The van der Waals surface area contributed by atoms with Crippen molar-refractivity contribution in [3.63, 3.8) is 0 Å². The standard InChI is InChI=1S/C12H16Cl2N2O/c1-4-16(7-8(2)3)12(17)9-5-10(13)11(14)15-6-9/h5-6,8H,4,7H2,1-3H3. The summed E-state index contributed by atoms with van der Waals surface area (Å²) in [6, 6.07) is 1.56. The summed E-state index contributed by atoms with van der Waals surface area (Å²) in [5.74, 6) is 0.363. The van der Waals surface area contributed by atoms with Crippen LogP contribution in [-0.4, -0.2) is 28.9 Å². The molecule has 1 aromatic heterocycles. The third kappa shape index (κ3) is 3.86. The largest absolute Gasteiger partial charge is 0.339 e. The number of hydrogen-bond donors (Lipinski definition) is 0. The van der Waals surface area contributed by atoms with E-state index in [-0.39, 0.29) is 11.1 Å². The van der Waals surface area contributed by atoms with E-state index < -0.39 is 0 Å². The van der Waals surface area contributed by atoms with Crippen molar-refractivity contribution in [3.8, 4) is 0 Å². The van der Waals surface area contributed by atoms with Gasteiger partial charge in [0.15, 0.2) is 0 Å². The molecule has 0 radical (unpaired) electrons. The minimum absolute atomic E-state index is 0.0627. The second-order valence-electron chi connectivity index (χ2n) is 4.23. The summed E-state index contributed by atoms with van der Waals surface area (Å²) >= 11 is 11.6. The van der Waals surface area contributed by atoms with E-state index in [1.165, 1.54) is 6.20 Å². The second-order valence-corrected chi connectivity index (χ2v) is 5.00. The minimum atomic E-state index is -0.0627. The molecule has 0 aliphatic heterocycles. The smallest absolute Gasteiger partial charge is 0.255 e. The summed E-state index contributed by atoms with van der Waals surface area (Å²) in [5, 5.41) is 0.522. The Morgan fingerprint density at radius 3 is 2.59 bits per heavy atom. The van der Waals surface area contributed by atoms with Crippen molar-refractivity contribution in [1.29, 1.82) is 0 Å². The molecule has 0 aromatic carbocycles. The molecule has 0 atom stereocenters. The number of nitrogens with zero attached hydrogens (tertiary/aromatic N) is 2. The highest BCUT2D eigenvalue weighted by Gasteiger charge is 2.16. The first-order chi connectivity index (χ1) is 7.95. The van der Waals surface area contributed by atoms with Crippen LogP contribution in [0.25, 0.3) is 0 Å². The van der Waals surface area contributed by atoms with E-state index in [1.54, 1.807) is 11.0 Å². The Morgan fingerprint density at radius 2 is 2.12 bits per heavy atom. The van der Waals surface area contributed by atoms with Gasteiger partial charge in [-0.2, -0.15) is 0 Å². The van der Waals surface area contributed by atoms with Gasteiger partial charge in [-0.05, 0) is 18.9 Å². The lowest BCUT2D eigenvalue weighted by atomic mass is 10.2. The molecule has 0 unspecified atom stereocenters. The number of carbonyl (C=O) groups excluding carboxylic acids is 1. The summed E-state index contributed by atoms with van der Waals surface area (Å²) in [4.78, 5) is 17.8. The average Bonchev–Trinajstić information content (AvgIpc) is 2.28. The number of aromatic nitrogens is 1. The first-order valence-corrected chi connectivity index (χ1v) is 6.31. The third-order valence-corrected chi connectivity index (χ3v) is 2.98. The molecule has 1 heterocycles. The summed E-state index contributed by atoms with van der Waals surface area (Å²) < 4.78 is 0. The molecule has 1 aromatic rings. The Labute approximate surface area is 112 Å². The highest BCUT2D eigenvalue weighted by atomic mass is 35.5. The Bertz CT molecular complexity index is 407. The van der Waals surface area contributed by atoms with Crippen LogP contribution in [0.15, 0.2) is 12.3 Å². The van der Waals surface area contributed by atoms with Crippen LogP contribution in [0.3, 0.4) is 0 Å². The molecular weight excluding hydrogens is 259 g/mol. The van der Waals surface area contributed by atoms with Crippen LogP contribution in [-0.2, 0) is 0 Å². The van der Waals surface area contributed by atoms with Crippen molar-refractivity contribution in [2.75, 3.05) is 13.1 Å². The summed E-state index contributed by atoms with van der Waals surface area (Å²) in [6.07, 6.45) is 1.46. The lowest BCUT2D eigenvalue weighted by Crippen LogP contribution is -2.34. The van der Waals surface area contributed by atoms with E-state index in [0.29, 0.717) is 23.0 Å². The van der Waals surface area contributed by atoms with Gasteiger partial charge in [0, 0.05) is 19.3 Å². The number of pyridine rings is 1. The number of carbonyl (C=O) groups is 1. The highest BCUT2D eigenvalue weighted by molar-refractivity contribution is 6.41. The van der Waals surface area contributed by atoms with Crippen LogP contribution < -0.4 is 0 Å². The molecule has 1 amide bonds. The maximum Gasteiger partial charge on any atom is 0.255 e. The predicted molar refractivity (Wildman–Crippen MR) is 70.7 cm³/mol. The van der Waals surface area contributed by atoms with Crippen molar-refractivity contribution in [2.45, 2.75) is 20.8 Å². The summed E-state index contributed by atoms with van der Waals surface area (Å²) in [5.41, 5.74) is 0.474. The van der Waals surface area contributed by atoms with Crippen LogP contribution in [0.2, 0.25) is 10.2 Å². The molecule has 1 rings (SSSR count). The number of amides is 1. The quantitative estimate of drug-likeness (QED) is 0.788. The average molecular weight is 275 g/mol. The summed E-state index contributed by atoms with van der Waals surface area (Å²) in [6.45, 7) is 7.48. The molecule has 5 heteroatoms. The molecule has 0 aliphatic carbocycles. The molecule has 0 aliphatic rings. The Hall–Kier alpha value is -0.800. The molecule has 0 N–H and O–H groups in total. The van der Waals surface area contributed by atoms with Gasteiger partial charge in [-0.15, -0.1) is 0 Å². The first-order valence-electron chi connectivity index (χ1n) is 5.56. The van der Waals surface area contributed by atoms with Gasteiger partial charge in [-0.3, -0.25) is 4.79 Å². The topological polar surface area (TPSA) is 33.2 Å². The number of rotatable bonds is 4. The van der Waals surface area contributed by atoms with Crippen molar-refractivity contribution in [3.05, 3.63) is 28.0 Å². The molecule has 0 bridgehead atoms. The first kappa shape index (κ1) is 14.3. The van der Waals surface area contributed by atoms with E-state index in [4.69, 9.17) is 23.2 Å². The number of hydrogen-bond acceptors (Lipinski definition) is 2. The highest BCUT2D eigenvalue weighted by Crippen LogP contribution is 2.20. The summed E-state index contributed by atoms with van der Waals surface area (Å²) in [7, 11) is 0. The van der Waals surface area contributed by atoms with Crippen LogP contribution in [0, 0.1) is 5.92 Å². The zero-order chi connectivity index (χ0) is 13.0. The van der Waals surface area contributed by atoms with Crippen molar-refractivity contribution < 1.29 is 4.79 Å². The molecule has 0 spiro atoms. The lowest BCUT2D eigenvalue weighted by Gasteiger charge is -2.22.